The van der Waals surface area contributed by atoms with Crippen LogP contribution in [0.25, 0.3) is 0 Å². The molecule has 0 aromatic rings. The molecule has 0 aliphatic rings. The minimum atomic E-state index is 1.52. The van der Waals surface area contributed by atoms with Crippen LogP contribution in [-0.2, 0) is 0 Å². The molecular weight excluding hydrogens is 112 g/mol. The van der Waals surface area contributed by atoms with E-state index in [2.05, 4.69) is 24.4 Å². The average Bonchev–Trinajstić information content (AvgIpc) is 1.61. The van der Waals surface area contributed by atoms with Crippen molar-refractivity contribution in [3.8, 4) is 0 Å². The third kappa shape index (κ3) is 3.92. The molecule has 0 atom stereocenters. The third-order valence-electron chi connectivity index (χ3n) is 0.268. The molecule has 0 N–H and O–H groups in total. The highest BCUT2D eigenvalue weighted by Gasteiger charge is 1.50. The molecule has 0 heterocycles. The van der Waals surface area contributed by atoms with Crippen LogP contribution < -0.4 is 0 Å². The topological polar surface area (TPSA) is 0 Å². The van der Waals surface area contributed by atoms with E-state index in [0.717, 1.165) is 0 Å². The Bertz CT molecular complexity index is 63.6. The Morgan fingerprint density at radius 2 is 1.17 bits per heavy atom. The van der Waals surface area contributed by atoms with E-state index in [4.69, 9.17) is 0 Å². The van der Waals surface area contributed by atoms with Crippen molar-refractivity contribution in [3.05, 3.63) is 12.2 Å². The van der Waals surface area contributed by atoms with Gasteiger partial charge in [0, 0.05) is 10.7 Å². The highest BCUT2D eigenvalue weighted by atomic mass is 32.1. The molecule has 0 saturated carbocycles. The van der Waals surface area contributed by atoms with Crippen LogP contribution in [0, 0.1) is 0 Å². The second kappa shape index (κ2) is 4.92. The van der Waals surface area contributed by atoms with Crippen molar-refractivity contribution in [2.24, 2.45) is 0 Å². The van der Waals surface area contributed by atoms with Crippen LogP contribution >= 0.6 is 24.4 Å². The monoisotopic (exact) mass is 116 g/mol. The minimum absolute atomic E-state index is 1.52. The maximum Gasteiger partial charge on any atom is 0.00138 e. The first-order valence-corrected chi connectivity index (χ1v) is 2.41. The zero-order valence-corrected chi connectivity index (χ0v) is 4.76. The van der Waals surface area contributed by atoms with E-state index in [1.165, 1.54) is 10.7 Å². The lowest BCUT2D eigenvalue weighted by Gasteiger charge is -1.57. The zero-order chi connectivity index (χ0) is 4.83. The number of hydrogen-bond donors (Lipinski definition) is 0. The predicted molar refractivity (Wildman–Crippen MR) is 36.5 cm³/mol. The molecule has 0 aliphatic heterocycles. The van der Waals surface area contributed by atoms with Crippen LogP contribution in [0.15, 0.2) is 12.2 Å². The second-order valence-corrected chi connectivity index (χ2v) is 1.20. The third-order valence-corrected chi connectivity index (χ3v) is 0.583. The molecule has 0 aromatic heterocycles. The van der Waals surface area contributed by atoms with E-state index in [1.54, 1.807) is 12.2 Å². The molecule has 0 amide bonds. The Balaban J connectivity index is 3.17. The van der Waals surface area contributed by atoms with Crippen molar-refractivity contribution in [2.75, 3.05) is 0 Å². The fraction of sp³-hybridized carbons (Fsp3) is 0. The van der Waals surface area contributed by atoms with E-state index in [1.807, 2.05) is 0 Å². The Morgan fingerprint density at radius 3 is 1.33 bits per heavy atom. The summed E-state index contributed by atoms with van der Waals surface area (Å²) in [5, 5.41) is 3.03. The van der Waals surface area contributed by atoms with Gasteiger partial charge in [-0.05, 0) is 0 Å². The van der Waals surface area contributed by atoms with Crippen LogP contribution in [0.2, 0.25) is 0 Å². The van der Waals surface area contributed by atoms with Crippen molar-refractivity contribution >= 4 is 35.2 Å². The molecule has 0 spiro atoms. The Labute approximate surface area is 47.9 Å². The fourth-order valence-corrected chi connectivity index (χ4v) is 0.272. The molecule has 0 radical (unpaired) electrons. The summed E-state index contributed by atoms with van der Waals surface area (Å²) in [6.07, 6.45) is 3.42. The molecule has 32 valence electrons. The standard InChI is InChI=1S/C4H4S2/c5-3-1-2-4-6/h1-4H/b2-1-. The first-order valence-electron chi connectivity index (χ1n) is 1.47. The van der Waals surface area contributed by atoms with Crippen molar-refractivity contribution in [1.82, 2.24) is 0 Å². The van der Waals surface area contributed by atoms with Gasteiger partial charge >= 0.3 is 0 Å². The van der Waals surface area contributed by atoms with Crippen molar-refractivity contribution in [3.63, 3.8) is 0 Å². The first-order chi connectivity index (χ1) is 2.91. The summed E-state index contributed by atoms with van der Waals surface area (Å²) >= 11 is 8.88. The van der Waals surface area contributed by atoms with Gasteiger partial charge in [0.25, 0.3) is 0 Å². The van der Waals surface area contributed by atoms with Crippen molar-refractivity contribution in [2.45, 2.75) is 0 Å². The molecular formula is C4H4S2. The van der Waals surface area contributed by atoms with Crippen LogP contribution in [0.5, 0.6) is 0 Å². The molecule has 0 bridgehead atoms. The lowest BCUT2D eigenvalue weighted by Crippen LogP contribution is -1.53. The first kappa shape index (κ1) is 5.92. The van der Waals surface area contributed by atoms with Crippen LogP contribution in [0.1, 0.15) is 0 Å². The maximum absolute atomic E-state index is 4.44. The van der Waals surface area contributed by atoms with Crippen LogP contribution in [-0.4, -0.2) is 10.7 Å². The maximum atomic E-state index is 4.44. The van der Waals surface area contributed by atoms with Gasteiger partial charge < -0.3 is 0 Å². The molecule has 0 nitrogen and oxygen atoms in total. The van der Waals surface area contributed by atoms with Crippen molar-refractivity contribution in [1.29, 1.82) is 0 Å². The van der Waals surface area contributed by atoms with Gasteiger partial charge in [-0.3, -0.25) is 0 Å². The molecule has 0 saturated heterocycles. The lowest BCUT2D eigenvalue weighted by molar-refractivity contribution is 2.41. The normalized spacial score (nSPS) is 8.67. The summed E-state index contributed by atoms with van der Waals surface area (Å²) < 4.78 is 0. The SMILES string of the molecule is S=C/C=C\C=S. The van der Waals surface area contributed by atoms with Gasteiger partial charge in [0.1, 0.15) is 0 Å². The molecule has 6 heavy (non-hydrogen) atoms. The quantitative estimate of drug-likeness (QED) is 0.396. The van der Waals surface area contributed by atoms with Gasteiger partial charge in [-0.1, -0.05) is 36.6 Å². The molecule has 0 rings (SSSR count). The fourth-order valence-electron chi connectivity index (χ4n) is 0.0907. The molecule has 0 fully saturated rings. The average molecular weight is 116 g/mol. The Morgan fingerprint density at radius 1 is 0.833 bits per heavy atom. The minimum Gasteiger partial charge on any atom is -0.0887 e. The molecule has 0 aliphatic carbocycles. The lowest BCUT2D eigenvalue weighted by atomic mass is 10.6. The molecule has 2 heteroatoms. The van der Waals surface area contributed by atoms with Crippen LogP contribution in [0.3, 0.4) is 0 Å². The van der Waals surface area contributed by atoms with Crippen LogP contribution in [0.4, 0.5) is 0 Å². The Kier molecular flexibility index (Phi) is 4.85. The second-order valence-electron chi connectivity index (χ2n) is 0.657. The summed E-state index contributed by atoms with van der Waals surface area (Å²) in [6.45, 7) is 0. The number of thiocarbonyl (C=S) groups is 2. The summed E-state index contributed by atoms with van der Waals surface area (Å²) in [5.74, 6) is 0. The van der Waals surface area contributed by atoms with Gasteiger partial charge in [-0.15, -0.1) is 0 Å². The van der Waals surface area contributed by atoms with E-state index in [0.29, 0.717) is 0 Å². The summed E-state index contributed by atoms with van der Waals surface area (Å²) in [4.78, 5) is 0. The van der Waals surface area contributed by atoms with Gasteiger partial charge in [0.2, 0.25) is 0 Å². The van der Waals surface area contributed by atoms with E-state index >= 15 is 0 Å². The smallest absolute Gasteiger partial charge is 0.00138 e. The number of hydrogen-bond acceptors (Lipinski definition) is 2. The highest BCUT2D eigenvalue weighted by molar-refractivity contribution is 7.79. The highest BCUT2D eigenvalue weighted by Crippen LogP contribution is 1.60. The number of allylic oxidation sites excluding steroid dienone is 2. The largest absolute Gasteiger partial charge is 0.0887 e. The zero-order valence-electron chi connectivity index (χ0n) is 3.13. The van der Waals surface area contributed by atoms with E-state index in [9.17, 15) is 0 Å². The van der Waals surface area contributed by atoms with E-state index < -0.39 is 0 Å². The Hall–Kier alpha value is -0.0800. The van der Waals surface area contributed by atoms with E-state index in [-0.39, 0.29) is 0 Å². The predicted octanol–water partition coefficient (Wildman–Crippen LogP) is 1.54. The summed E-state index contributed by atoms with van der Waals surface area (Å²) in [7, 11) is 0. The molecule has 0 aromatic carbocycles. The molecule has 0 unspecified atom stereocenters. The van der Waals surface area contributed by atoms with Crippen molar-refractivity contribution < 1.29 is 0 Å². The van der Waals surface area contributed by atoms with Gasteiger partial charge in [0.15, 0.2) is 0 Å². The summed E-state index contributed by atoms with van der Waals surface area (Å²) in [6, 6.07) is 0. The van der Waals surface area contributed by atoms with Gasteiger partial charge in [0.05, 0.1) is 0 Å². The van der Waals surface area contributed by atoms with Gasteiger partial charge in [-0.2, -0.15) is 0 Å². The summed E-state index contributed by atoms with van der Waals surface area (Å²) in [5.41, 5.74) is 0. The van der Waals surface area contributed by atoms with Gasteiger partial charge in [-0.25, -0.2) is 0 Å². The number of rotatable bonds is 2.